The van der Waals surface area contributed by atoms with Gasteiger partial charge in [0, 0.05) is 6.42 Å². The Morgan fingerprint density at radius 3 is 1.81 bits per heavy atom. The van der Waals surface area contributed by atoms with E-state index in [1.54, 1.807) is 0 Å². The fourth-order valence-electron chi connectivity index (χ4n) is 3.28. The Balaban J connectivity index is 3.61. The van der Waals surface area contributed by atoms with E-state index in [1.807, 2.05) is 0 Å². The molecule has 0 aromatic carbocycles. The lowest BCUT2D eigenvalue weighted by Gasteiger charge is -2.16. The number of nitrogens with one attached hydrogen (secondary N) is 1. The highest BCUT2D eigenvalue weighted by Crippen LogP contribution is 2.12. The summed E-state index contributed by atoms with van der Waals surface area (Å²) < 4.78 is 4.78. The number of methoxy groups -OCH3 is 1. The molecule has 0 heterocycles. The highest BCUT2D eigenvalue weighted by molar-refractivity contribution is 5.84. The van der Waals surface area contributed by atoms with E-state index in [2.05, 4.69) is 12.2 Å². The van der Waals surface area contributed by atoms with Gasteiger partial charge in [-0.05, 0) is 32.2 Å². The van der Waals surface area contributed by atoms with Crippen LogP contribution in [-0.2, 0) is 14.3 Å². The average molecular weight is 385 g/mol. The number of amides is 1. The summed E-state index contributed by atoms with van der Waals surface area (Å²) in [4.78, 5) is 23.8. The Bertz CT molecular complexity index is 361. The molecule has 0 aliphatic rings. The van der Waals surface area contributed by atoms with Gasteiger partial charge in [0.1, 0.15) is 6.04 Å². The topological polar surface area (TPSA) is 81.4 Å². The lowest BCUT2D eigenvalue weighted by Crippen LogP contribution is -2.41. The zero-order chi connectivity index (χ0) is 20.2. The third kappa shape index (κ3) is 16.8. The molecule has 0 aromatic rings. The van der Waals surface area contributed by atoms with Crippen molar-refractivity contribution < 1.29 is 14.3 Å². The van der Waals surface area contributed by atoms with Crippen molar-refractivity contribution in [2.75, 3.05) is 13.7 Å². The zero-order valence-corrected chi connectivity index (χ0v) is 17.9. The zero-order valence-electron chi connectivity index (χ0n) is 17.9. The number of rotatable bonds is 19. The molecule has 0 unspecified atom stereocenters. The minimum atomic E-state index is -0.536. The quantitative estimate of drug-likeness (QED) is 0.246. The van der Waals surface area contributed by atoms with Gasteiger partial charge < -0.3 is 15.8 Å². The standard InChI is InChI=1S/C22H44N2O3/c1-3-4-5-6-7-8-9-10-11-12-13-14-18-21(25)24-20(22(26)27-2)17-15-16-19-23/h20H,3-19,23H2,1-2H3,(H,24,25)/t20-/m0/s1. The van der Waals surface area contributed by atoms with Gasteiger partial charge >= 0.3 is 5.97 Å². The van der Waals surface area contributed by atoms with Gasteiger partial charge in [0.05, 0.1) is 7.11 Å². The molecule has 160 valence electrons. The normalized spacial score (nSPS) is 12.0. The summed E-state index contributed by atoms with van der Waals surface area (Å²) in [5.41, 5.74) is 5.48. The predicted molar refractivity (Wildman–Crippen MR) is 113 cm³/mol. The molecule has 0 saturated carbocycles. The van der Waals surface area contributed by atoms with E-state index in [4.69, 9.17) is 10.5 Å². The number of unbranched alkanes of at least 4 members (excludes halogenated alkanes) is 12. The lowest BCUT2D eigenvalue weighted by molar-refractivity contribution is -0.145. The second-order valence-electron chi connectivity index (χ2n) is 7.57. The molecule has 0 bridgehead atoms. The number of hydrogen-bond acceptors (Lipinski definition) is 4. The molecule has 0 saturated heterocycles. The van der Waals surface area contributed by atoms with Gasteiger partial charge in [-0.1, -0.05) is 77.6 Å². The van der Waals surface area contributed by atoms with Crippen molar-refractivity contribution in [3.05, 3.63) is 0 Å². The highest BCUT2D eigenvalue weighted by Gasteiger charge is 2.20. The minimum absolute atomic E-state index is 0.0507. The van der Waals surface area contributed by atoms with Crippen LogP contribution in [-0.4, -0.2) is 31.6 Å². The first kappa shape index (κ1) is 25.9. The van der Waals surface area contributed by atoms with E-state index in [1.165, 1.54) is 71.3 Å². The SMILES string of the molecule is CCCCCCCCCCCCCCC(=O)N[C@@H](CCCCN)C(=O)OC. The fourth-order valence-corrected chi connectivity index (χ4v) is 3.28. The van der Waals surface area contributed by atoms with E-state index in [0.29, 0.717) is 19.4 Å². The number of hydrogen-bond donors (Lipinski definition) is 2. The fraction of sp³-hybridized carbons (Fsp3) is 0.909. The van der Waals surface area contributed by atoms with Crippen LogP contribution in [0.15, 0.2) is 0 Å². The number of carbonyl (C=O) groups is 2. The van der Waals surface area contributed by atoms with E-state index in [9.17, 15) is 9.59 Å². The van der Waals surface area contributed by atoms with Crippen LogP contribution in [0.5, 0.6) is 0 Å². The second-order valence-corrected chi connectivity index (χ2v) is 7.57. The van der Waals surface area contributed by atoms with Crippen LogP contribution in [0, 0.1) is 0 Å². The van der Waals surface area contributed by atoms with Gasteiger partial charge in [0.15, 0.2) is 0 Å². The Hall–Kier alpha value is -1.10. The van der Waals surface area contributed by atoms with Crippen molar-refractivity contribution in [2.45, 2.75) is 116 Å². The van der Waals surface area contributed by atoms with Crippen LogP contribution in [0.25, 0.3) is 0 Å². The Labute approximate surface area is 167 Å². The van der Waals surface area contributed by atoms with Gasteiger partial charge in [-0.3, -0.25) is 4.79 Å². The monoisotopic (exact) mass is 384 g/mol. The molecule has 0 fully saturated rings. The number of carbonyl (C=O) groups excluding carboxylic acids is 2. The van der Waals surface area contributed by atoms with Crippen molar-refractivity contribution in [3.8, 4) is 0 Å². The Morgan fingerprint density at radius 2 is 1.33 bits per heavy atom. The minimum Gasteiger partial charge on any atom is -0.467 e. The summed E-state index contributed by atoms with van der Waals surface area (Å²) in [5, 5.41) is 2.81. The molecule has 0 spiro atoms. The molecule has 5 heteroatoms. The summed E-state index contributed by atoms with van der Waals surface area (Å²) in [6.45, 7) is 2.85. The third-order valence-corrected chi connectivity index (χ3v) is 5.03. The summed E-state index contributed by atoms with van der Waals surface area (Å²) in [6.07, 6.45) is 18.0. The summed E-state index contributed by atoms with van der Waals surface area (Å²) in [6, 6.07) is -0.536. The van der Waals surface area contributed by atoms with Crippen LogP contribution < -0.4 is 11.1 Å². The van der Waals surface area contributed by atoms with Crippen molar-refractivity contribution in [1.29, 1.82) is 0 Å². The van der Waals surface area contributed by atoms with Crippen LogP contribution >= 0.6 is 0 Å². The van der Waals surface area contributed by atoms with Gasteiger partial charge in [-0.2, -0.15) is 0 Å². The van der Waals surface area contributed by atoms with Crippen LogP contribution in [0.2, 0.25) is 0 Å². The molecule has 0 aliphatic carbocycles. The molecule has 3 N–H and O–H groups in total. The van der Waals surface area contributed by atoms with Crippen molar-refractivity contribution >= 4 is 11.9 Å². The predicted octanol–water partition coefficient (Wildman–Crippen LogP) is 4.86. The van der Waals surface area contributed by atoms with Crippen LogP contribution in [0.4, 0.5) is 0 Å². The van der Waals surface area contributed by atoms with Gasteiger partial charge in [0.25, 0.3) is 0 Å². The molecule has 1 atom stereocenters. The van der Waals surface area contributed by atoms with Crippen molar-refractivity contribution in [1.82, 2.24) is 5.32 Å². The molecule has 1 amide bonds. The van der Waals surface area contributed by atoms with Gasteiger partial charge in [-0.15, -0.1) is 0 Å². The first-order chi connectivity index (χ1) is 13.2. The van der Waals surface area contributed by atoms with Gasteiger partial charge in [0.2, 0.25) is 5.91 Å². The molecule has 27 heavy (non-hydrogen) atoms. The maximum absolute atomic E-state index is 12.0. The maximum Gasteiger partial charge on any atom is 0.328 e. The lowest BCUT2D eigenvalue weighted by atomic mass is 10.0. The Kier molecular flexibility index (Phi) is 18.9. The summed E-state index contributed by atoms with van der Waals surface area (Å²) in [5.74, 6) is -0.416. The molecule has 0 aliphatic heterocycles. The molecule has 0 aromatic heterocycles. The van der Waals surface area contributed by atoms with E-state index >= 15 is 0 Å². The van der Waals surface area contributed by atoms with E-state index in [0.717, 1.165) is 25.7 Å². The smallest absolute Gasteiger partial charge is 0.328 e. The number of ether oxygens (including phenoxy) is 1. The first-order valence-electron chi connectivity index (χ1n) is 11.2. The largest absolute Gasteiger partial charge is 0.467 e. The van der Waals surface area contributed by atoms with Crippen molar-refractivity contribution in [2.24, 2.45) is 5.73 Å². The second kappa shape index (κ2) is 19.7. The number of nitrogens with two attached hydrogens (primary N) is 1. The van der Waals surface area contributed by atoms with Gasteiger partial charge in [-0.25, -0.2) is 4.79 Å². The molecule has 0 rings (SSSR count). The molecule has 5 nitrogen and oxygen atoms in total. The Morgan fingerprint density at radius 1 is 0.815 bits per heavy atom. The number of esters is 1. The summed E-state index contributed by atoms with van der Waals surface area (Å²) >= 11 is 0. The maximum atomic E-state index is 12.0. The van der Waals surface area contributed by atoms with Crippen LogP contribution in [0.3, 0.4) is 0 Å². The molecule has 0 radical (unpaired) electrons. The summed E-state index contributed by atoms with van der Waals surface area (Å²) in [7, 11) is 1.36. The van der Waals surface area contributed by atoms with Crippen LogP contribution in [0.1, 0.15) is 110 Å². The first-order valence-corrected chi connectivity index (χ1v) is 11.2. The molecular formula is C22H44N2O3. The van der Waals surface area contributed by atoms with E-state index < -0.39 is 6.04 Å². The van der Waals surface area contributed by atoms with E-state index in [-0.39, 0.29) is 11.9 Å². The third-order valence-electron chi connectivity index (χ3n) is 5.03. The molecular weight excluding hydrogens is 340 g/mol. The average Bonchev–Trinajstić information content (AvgIpc) is 2.67. The highest BCUT2D eigenvalue weighted by atomic mass is 16.5. The van der Waals surface area contributed by atoms with Crippen molar-refractivity contribution in [3.63, 3.8) is 0 Å².